The number of pyridine rings is 1. The molecule has 1 aromatic heterocycles. The summed E-state index contributed by atoms with van der Waals surface area (Å²) in [6, 6.07) is 8.80. The fourth-order valence-electron chi connectivity index (χ4n) is 2.48. The van der Waals surface area contributed by atoms with Crippen molar-refractivity contribution < 1.29 is 9.59 Å². The predicted octanol–water partition coefficient (Wildman–Crippen LogP) is 3.22. The van der Waals surface area contributed by atoms with Gasteiger partial charge in [0.25, 0.3) is 0 Å². The van der Waals surface area contributed by atoms with Gasteiger partial charge < -0.3 is 10.2 Å². The van der Waals surface area contributed by atoms with Crippen LogP contribution in [0.1, 0.15) is 11.3 Å². The maximum atomic E-state index is 12.7. The van der Waals surface area contributed by atoms with Crippen LogP contribution in [0, 0.1) is 6.92 Å². The number of hydrogen-bond acceptors (Lipinski definition) is 3. The Labute approximate surface area is 143 Å². The van der Waals surface area contributed by atoms with Gasteiger partial charge in [0.15, 0.2) is 0 Å². The predicted molar refractivity (Wildman–Crippen MR) is 90.1 cm³/mol. The Morgan fingerprint density at radius 2 is 2.09 bits per heavy atom. The number of benzene rings is 1. The van der Waals surface area contributed by atoms with Crippen LogP contribution in [-0.2, 0) is 16.0 Å². The molecule has 0 saturated carbocycles. The molecular weight excluding hydrogens is 337 g/mol. The summed E-state index contributed by atoms with van der Waals surface area (Å²) in [5, 5.41) is 3.34. The minimum Gasteiger partial charge on any atom is -0.323 e. The molecule has 0 aliphatic carbocycles. The van der Waals surface area contributed by atoms with Gasteiger partial charge in [-0.05, 0) is 25.1 Å². The van der Waals surface area contributed by atoms with E-state index in [1.54, 1.807) is 31.2 Å². The summed E-state index contributed by atoms with van der Waals surface area (Å²) >= 11 is 12.3. The first-order valence-electron chi connectivity index (χ1n) is 6.96. The molecule has 5 nitrogen and oxygen atoms in total. The minimum atomic E-state index is -0.262. The summed E-state index contributed by atoms with van der Waals surface area (Å²) in [6.45, 7) is 1.74. The maximum absolute atomic E-state index is 12.7. The molecule has 0 saturated heterocycles. The third kappa shape index (κ3) is 3.16. The lowest BCUT2D eigenvalue weighted by Gasteiger charge is -2.29. The lowest BCUT2D eigenvalue weighted by molar-refractivity contribution is -0.121. The molecule has 2 aromatic rings. The SMILES string of the molecule is Cc1cc(Cl)c(CC(=O)N2CC(=O)Nc3ccccc32)c(Cl)n1. The number of anilines is 2. The van der Waals surface area contributed by atoms with Gasteiger partial charge in [-0.25, -0.2) is 4.98 Å². The smallest absolute Gasteiger partial charge is 0.244 e. The summed E-state index contributed by atoms with van der Waals surface area (Å²) in [4.78, 5) is 30.0. The largest absolute Gasteiger partial charge is 0.323 e. The molecule has 0 radical (unpaired) electrons. The fourth-order valence-corrected chi connectivity index (χ4v) is 3.15. The van der Waals surface area contributed by atoms with Crippen LogP contribution < -0.4 is 10.2 Å². The minimum absolute atomic E-state index is 0.0213. The molecule has 7 heteroatoms. The number of nitrogens with zero attached hydrogens (tertiary/aromatic N) is 2. The molecule has 0 fully saturated rings. The van der Waals surface area contributed by atoms with Gasteiger partial charge in [0.05, 0.1) is 17.8 Å². The van der Waals surface area contributed by atoms with Crippen molar-refractivity contribution in [3.8, 4) is 0 Å². The zero-order valence-electron chi connectivity index (χ0n) is 12.3. The van der Waals surface area contributed by atoms with E-state index in [1.807, 2.05) is 6.07 Å². The van der Waals surface area contributed by atoms with E-state index >= 15 is 0 Å². The number of hydrogen-bond donors (Lipinski definition) is 1. The first-order valence-corrected chi connectivity index (χ1v) is 7.72. The van der Waals surface area contributed by atoms with Crippen molar-refractivity contribution in [1.82, 2.24) is 4.98 Å². The first kappa shape index (κ1) is 15.8. The molecule has 2 heterocycles. The molecule has 0 bridgehead atoms. The van der Waals surface area contributed by atoms with Crippen LogP contribution in [0.3, 0.4) is 0 Å². The van der Waals surface area contributed by atoms with Gasteiger partial charge in [0, 0.05) is 16.3 Å². The highest BCUT2D eigenvalue weighted by atomic mass is 35.5. The highest BCUT2D eigenvalue weighted by molar-refractivity contribution is 6.35. The van der Waals surface area contributed by atoms with Crippen molar-refractivity contribution in [2.75, 3.05) is 16.8 Å². The number of fused-ring (bicyclic) bond motifs is 1. The van der Waals surface area contributed by atoms with Gasteiger partial charge >= 0.3 is 0 Å². The quantitative estimate of drug-likeness (QED) is 0.846. The molecule has 0 spiro atoms. The van der Waals surface area contributed by atoms with Crippen LogP contribution in [0.15, 0.2) is 30.3 Å². The van der Waals surface area contributed by atoms with Gasteiger partial charge in [-0.2, -0.15) is 0 Å². The zero-order valence-corrected chi connectivity index (χ0v) is 13.8. The third-order valence-corrected chi connectivity index (χ3v) is 4.20. The highest BCUT2D eigenvalue weighted by Crippen LogP contribution is 2.31. The van der Waals surface area contributed by atoms with Crippen molar-refractivity contribution >= 4 is 46.4 Å². The Morgan fingerprint density at radius 1 is 1.35 bits per heavy atom. The Kier molecular flexibility index (Phi) is 4.24. The van der Waals surface area contributed by atoms with Crippen LogP contribution in [0.5, 0.6) is 0 Å². The Balaban J connectivity index is 1.92. The molecule has 23 heavy (non-hydrogen) atoms. The molecule has 118 valence electrons. The summed E-state index contributed by atoms with van der Waals surface area (Å²) in [5.74, 6) is -0.502. The van der Waals surface area contributed by atoms with E-state index in [4.69, 9.17) is 23.2 Å². The van der Waals surface area contributed by atoms with E-state index in [0.717, 1.165) is 0 Å². The number of amides is 2. The van der Waals surface area contributed by atoms with E-state index in [1.165, 1.54) is 4.90 Å². The Hall–Kier alpha value is -2.11. The lowest BCUT2D eigenvalue weighted by atomic mass is 10.1. The molecule has 2 amide bonds. The van der Waals surface area contributed by atoms with E-state index in [9.17, 15) is 9.59 Å². The standard InChI is InChI=1S/C16H13Cl2N3O2/c1-9-6-11(17)10(16(18)19-9)7-15(23)21-8-14(22)20-12-4-2-3-5-13(12)21/h2-6H,7-8H2,1H3,(H,20,22). The van der Waals surface area contributed by atoms with Crippen LogP contribution in [0.25, 0.3) is 0 Å². The van der Waals surface area contributed by atoms with Gasteiger partial charge in [-0.3, -0.25) is 9.59 Å². The monoisotopic (exact) mass is 349 g/mol. The number of rotatable bonds is 2. The first-order chi connectivity index (χ1) is 11.0. The number of para-hydroxylation sites is 2. The average molecular weight is 350 g/mol. The molecular formula is C16H13Cl2N3O2. The van der Waals surface area contributed by atoms with E-state index < -0.39 is 0 Å². The van der Waals surface area contributed by atoms with E-state index in [0.29, 0.717) is 27.7 Å². The molecule has 1 N–H and O–H groups in total. The number of aryl methyl sites for hydroxylation is 1. The molecule has 1 aliphatic heterocycles. The summed E-state index contributed by atoms with van der Waals surface area (Å²) in [5.41, 5.74) is 2.41. The fraction of sp³-hybridized carbons (Fsp3) is 0.188. The van der Waals surface area contributed by atoms with Crippen LogP contribution in [-0.4, -0.2) is 23.3 Å². The average Bonchev–Trinajstić information content (AvgIpc) is 2.49. The van der Waals surface area contributed by atoms with Crippen LogP contribution in [0.2, 0.25) is 10.2 Å². The normalized spacial score (nSPS) is 13.5. The number of aromatic nitrogens is 1. The van der Waals surface area contributed by atoms with Gasteiger partial charge in [0.1, 0.15) is 11.7 Å². The second-order valence-corrected chi connectivity index (χ2v) is 6.00. The zero-order chi connectivity index (χ0) is 16.6. The summed E-state index contributed by atoms with van der Waals surface area (Å²) in [6.07, 6.45) is -0.0213. The Bertz CT molecular complexity index is 785. The van der Waals surface area contributed by atoms with Crippen LogP contribution in [0.4, 0.5) is 11.4 Å². The number of halogens is 2. The van der Waals surface area contributed by atoms with Gasteiger partial charge in [0.2, 0.25) is 11.8 Å². The molecule has 1 aliphatic rings. The van der Waals surface area contributed by atoms with Gasteiger partial charge in [-0.15, -0.1) is 0 Å². The molecule has 0 unspecified atom stereocenters. The maximum Gasteiger partial charge on any atom is 0.244 e. The van der Waals surface area contributed by atoms with E-state index in [-0.39, 0.29) is 29.9 Å². The van der Waals surface area contributed by atoms with Crippen molar-refractivity contribution in [1.29, 1.82) is 0 Å². The summed E-state index contributed by atoms with van der Waals surface area (Å²) < 4.78 is 0. The van der Waals surface area contributed by atoms with Crippen LogP contribution >= 0.6 is 23.2 Å². The molecule has 1 aromatic carbocycles. The third-order valence-electron chi connectivity index (χ3n) is 3.55. The van der Waals surface area contributed by atoms with Crippen molar-refractivity contribution in [3.63, 3.8) is 0 Å². The number of carbonyl (C=O) groups is 2. The molecule has 0 atom stereocenters. The molecule has 3 rings (SSSR count). The summed E-state index contributed by atoms with van der Waals surface area (Å²) in [7, 11) is 0. The van der Waals surface area contributed by atoms with Crippen molar-refractivity contribution in [3.05, 3.63) is 51.8 Å². The van der Waals surface area contributed by atoms with Crippen molar-refractivity contribution in [2.45, 2.75) is 13.3 Å². The van der Waals surface area contributed by atoms with Crippen molar-refractivity contribution in [2.24, 2.45) is 0 Å². The number of carbonyl (C=O) groups excluding carboxylic acids is 2. The number of nitrogens with one attached hydrogen (secondary N) is 1. The Morgan fingerprint density at radius 3 is 2.83 bits per heavy atom. The second-order valence-electron chi connectivity index (χ2n) is 5.24. The topological polar surface area (TPSA) is 62.3 Å². The lowest BCUT2D eigenvalue weighted by Crippen LogP contribution is -2.42. The van der Waals surface area contributed by atoms with Gasteiger partial charge in [-0.1, -0.05) is 35.3 Å². The van der Waals surface area contributed by atoms with E-state index in [2.05, 4.69) is 10.3 Å². The second kappa shape index (κ2) is 6.18. The highest BCUT2D eigenvalue weighted by Gasteiger charge is 2.27.